The molecule has 0 bridgehead atoms. The van der Waals surface area contributed by atoms with E-state index in [1.54, 1.807) is 18.7 Å². The van der Waals surface area contributed by atoms with Crippen molar-refractivity contribution in [2.45, 2.75) is 25.0 Å². The van der Waals surface area contributed by atoms with Gasteiger partial charge in [0.1, 0.15) is 5.78 Å². The van der Waals surface area contributed by atoms with Crippen LogP contribution in [0.25, 0.3) is 0 Å². The van der Waals surface area contributed by atoms with Crippen LogP contribution in [0.3, 0.4) is 0 Å². The molecule has 0 saturated heterocycles. The van der Waals surface area contributed by atoms with Crippen molar-refractivity contribution in [1.82, 2.24) is 0 Å². The summed E-state index contributed by atoms with van der Waals surface area (Å²) >= 11 is 1.78. The number of thioether (sulfide) groups is 1. The number of hydrogen-bond donors (Lipinski definition) is 0. The molecule has 56 valence electrons. The summed E-state index contributed by atoms with van der Waals surface area (Å²) in [4.78, 5) is 10.6. The van der Waals surface area contributed by atoms with Crippen LogP contribution in [-0.2, 0) is 4.79 Å². The second-order valence-corrected chi connectivity index (χ2v) is 3.87. The van der Waals surface area contributed by atoms with Crippen LogP contribution in [0.2, 0.25) is 0 Å². The fourth-order valence-electron chi connectivity index (χ4n) is 0.964. The van der Waals surface area contributed by atoms with Crippen molar-refractivity contribution < 1.29 is 4.79 Å². The number of carbonyl (C=O) groups excluding carboxylic acids is 1. The lowest BCUT2D eigenvalue weighted by atomic mass is 10.3. The van der Waals surface area contributed by atoms with Gasteiger partial charge in [-0.1, -0.05) is 12.2 Å². The molecule has 1 aliphatic carbocycles. The van der Waals surface area contributed by atoms with Crippen LogP contribution >= 0.6 is 11.8 Å². The maximum atomic E-state index is 10.6. The van der Waals surface area contributed by atoms with Gasteiger partial charge in [0.05, 0.1) is 5.75 Å². The first-order chi connectivity index (χ1) is 4.79. The Morgan fingerprint density at radius 1 is 1.60 bits per heavy atom. The van der Waals surface area contributed by atoms with Crippen LogP contribution in [0.1, 0.15) is 19.8 Å². The van der Waals surface area contributed by atoms with Gasteiger partial charge in [-0.15, -0.1) is 0 Å². The smallest absolute Gasteiger partial charge is 0.139 e. The molecule has 1 rings (SSSR count). The summed E-state index contributed by atoms with van der Waals surface area (Å²) < 4.78 is 0. The van der Waals surface area contributed by atoms with Crippen molar-refractivity contribution in [2.75, 3.05) is 5.75 Å². The summed E-state index contributed by atoms with van der Waals surface area (Å²) in [6, 6.07) is 0. The molecule has 0 radical (unpaired) electrons. The number of hydrogen-bond acceptors (Lipinski definition) is 2. The molecule has 2 heteroatoms. The minimum Gasteiger partial charge on any atom is -0.299 e. The molecule has 10 heavy (non-hydrogen) atoms. The minimum atomic E-state index is 0.289. The zero-order valence-corrected chi connectivity index (χ0v) is 6.99. The zero-order chi connectivity index (χ0) is 7.40. The van der Waals surface area contributed by atoms with E-state index in [9.17, 15) is 4.79 Å². The lowest BCUT2D eigenvalue weighted by Crippen LogP contribution is -2.01. The van der Waals surface area contributed by atoms with Crippen LogP contribution in [-0.4, -0.2) is 16.8 Å². The third-order valence-corrected chi connectivity index (χ3v) is 2.92. The van der Waals surface area contributed by atoms with E-state index in [4.69, 9.17) is 0 Å². The second kappa shape index (κ2) is 3.81. The lowest BCUT2D eigenvalue weighted by molar-refractivity contribution is -0.114. The number of Topliss-reactive ketones (excluding diaryl/α,β-unsaturated/α-hetero) is 1. The molecule has 0 atom stereocenters. The first-order valence-corrected chi connectivity index (χ1v) is 4.60. The van der Waals surface area contributed by atoms with Crippen molar-refractivity contribution in [3.8, 4) is 0 Å². The zero-order valence-electron chi connectivity index (χ0n) is 6.17. The molecule has 0 aliphatic heterocycles. The molecule has 0 spiro atoms. The molecule has 1 aliphatic rings. The highest BCUT2D eigenvalue weighted by Crippen LogP contribution is 2.23. The second-order valence-electron chi connectivity index (χ2n) is 2.58. The summed E-state index contributed by atoms with van der Waals surface area (Å²) in [5.41, 5.74) is 0. The highest BCUT2D eigenvalue weighted by Gasteiger charge is 2.10. The van der Waals surface area contributed by atoms with Gasteiger partial charge in [0.25, 0.3) is 0 Å². The van der Waals surface area contributed by atoms with E-state index in [0.29, 0.717) is 11.0 Å². The molecule has 0 amide bonds. The average molecular weight is 156 g/mol. The van der Waals surface area contributed by atoms with E-state index in [0.717, 1.165) is 12.8 Å². The Morgan fingerprint density at radius 2 is 2.20 bits per heavy atom. The van der Waals surface area contributed by atoms with Crippen LogP contribution in [0.4, 0.5) is 0 Å². The predicted molar refractivity (Wildman–Crippen MR) is 45.3 cm³/mol. The lowest BCUT2D eigenvalue weighted by Gasteiger charge is -2.05. The van der Waals surface area contributed by atoms with Gasteiger partial charge in [0.2, 0.25) is 0 Å². The molecule has 0 unspecified atom stereocenters. The highest BCUT2D eigenvalue weighted by atomic mass is 32.2. The standard InChI is InChI=1S/C8H12OS/c1-7(9)6-10-8-4-2-3-5-8/h2-3,8H,4-6H2,1H3. The summed E-state index contributed by atoms with van der Waals surface area (Å²) in [7, 11) is 0. The van der Waals surface area contributed by atoms with Gasteiger partial charge < -0.3 is 0 Å². The summed E-state index contributed by atoms with van der Waals surface area (Å²) in [6.45, 7) is 1.65. The molecule has 0 heterocycles. The largest absolute Gasteiger partial charge is 0.299 e. The highest BCUT2D eigenvalue weighted by molar-refractivity contribution is 8.00. The summed E-state index contributed by atoms with van der Waals surface area (Å²) in [5.74, 6) is 0.976. The molecule has 1 nitrogen and oxygen atoms in total. The molecular formula is C8H12OS. The quantitative estimate of drug-likeness (QED) is 0.581. The van der Waals surface area contributed by atoms with E-state index in [1.807, 2.05) is 0 Å². The van der Waals surface area contributed by atoms with Crippen molar-refractivity contribution >= 4 is 17.5 Å². The Balaban J connectivity index is 2.09. The van der Waals surface area contributed by atoms with Gasteiger partial charge in [0.15, 0.2) is 0 Å². The normalized spacial score (nSPS) is 18.1. The van der Waals surface area contributed by atoms with Crippen LogP contribution in [0.5, 0.6) is 0 Å². The summed E-state index contributed by atoms with van der Waals surface area (Å²) in [5, 5.41) is 0.684. The van der Waals surface area contributed by atoms with Crippen LogP contribution in [0.15, 0.2) is 12.2 Å². The molecule has 0 aromatic carbocycles. The first kappa shape index (κ1) is 7.86. The van der Waals surface area contributed by atoms with E-state index in [-0.39, 0.29) is 5.78 Å². The SMILES string of the molecule is CC(=O)CSC1CC=CC1. The number of allylic oxidation sites excluding steroid dienone is 2. The third kappa shape index (κ3) is 2.56. The molecule has 0 aromatic heterocycles. The number of rotatable bonds is 3. The Bertz CT molecular complexity index is 143. The molecule has 0 N–H and O–H groups in total. The minimum absolute atomic E-state index is 0.289. The van der Waals surface area contributed by atoms with Gasteiger partial charge in [0, 0.05) is 5.25 Å². The monoisotopic (exact) mass is 156 g/mol. The maximum absolute atomic E-state index is 10.6. The fraction of sp³-hybridized carbons (Fsp3) is 0.625. The van der Waals surface area contributed by atoms with Gasteiger partial charge >= 0.3 is 0 Å². The molecule has 0 aromatic rings. The van der Waals surface area contributed by atoms with E-state index < -0.39 is 0 Å². The van der Waals surface area contributed by atoms with Crippen LogP contribution in [0, 0.1) is 0 Å². The van der Waals surface area contributed by atoms with Crippen LogP contribution < -0.4 is 0 Å². The topological polar surface area (TPSA) is 17.1 Å². The van der Waals surface area contributed by atoms with E-state index in [2.05, 4.69) is 12.2 Å². The van der Waals surface area contributed by atoms with Gasteiger partial charge in [-0.2, -0.15) is 11.8 Å². The Kier molecular flexibility index (Phi) is 3.00. The Morgan fingerprint density at radius 3 is 2.70 bits per heavy atom. The summed E-state index contributed by atoms with van der Waals surface area (Å²) in [6.07, 6.45) is 6.69. The number of carbonyl (C=O) groups is 1. The Hall–Kier alpha value is -0.240. The average Bonchev–Trinajstić information content (AvgIpc) is 2.34. The first-order valence-electron chi connectivity index (χ1n) is 3.55. The van der Waals surface area contributed by atoms with Gasteiger partial charge in [-0.3, -0.25) is 4.79 Å². The van der Waals surface area contributed by atoms with Crippen molar-refractivity contribution in [2.24, 2.45) is 0 Å². The van der Waals surface area contributed by atoms with Crippen molar-refractivity contribution in [3.63, 3.8) is 0 Å². The van der Waals surface area contributed by atoms with Gasteiger partial charge in [-0.25, -0.2) is 0 Å². The predicted octanol–water partition coefficient (Wildman–Crippen LogP) is 2.03. The Labute approximate surface area is 65.9 Å². The van der Waals surface area contributed by atoms with E-state index in [1.165, 1.54) is 0 Å². The third-order valence-electron chi connectivity index (χ3n) is 1.49. The molecule has 0 saturated carbocycles. The fourth-order valence-corrected chi connectivity index (χ4v) is 1.93. The van der Waals surface area contributed by atoms with E-state index >= 15 is 0 Å². The van der Waals surface area contributed by atoms with Crippen molar-refractivity contribution in [3.05, 3.63) is 12.2 Å². The van der Waals surface area contributed by atoms with Crippen molar-refractivity contribution in [1.29, 1.82) is 0 Å². The number of ketones is 1. The molecule has 0 fully saturated rings. The molecular weight excluding hydrogens is 144 g/mol. The van der Waals surface area contributed by atoms with Gasteiger partial charge in [-0.05, 0) is 19.8 Å². The maximum Gasteiger partial charge on any atom is 0.139 e.